The molecule has 0 amide bonds. The van der Waals surface area contributed by atoms with Crippen LogP contribution in [0.1, 0.15) is 11.1 Å². The maximum Gasteiger partial charge on any atom is 0.140 e. The Balaban J connectivity index is 2.09. The van der Waals surface area contributed by atoms with Crippen molar-refractivity contribution in [2.24, 2.45) is 0 Å². The van der Waals surface area contributed by atoms with Crippen molar-refractivity contribution >= 4 is 10.8 Å². The second-order valence-electron chi connectivity index (χ2n) is 5.27. The van der Waals surface area contributed by atoms with Gasteiger partial charge in [-0.25, -0.2) is 0 Å². The van der Waals surface area contributed by atoms with Gasteiger partial charge in [-0.15, -0.1) is 6.42 Å². The average molecular weight is 222 g/mol. The summed E-state index contributed by atoms with van der Waals surface area (Å²) >= 11 is 0. The lowest BCUT2D eigenvalue weighted by molar-refractivity contribution is -0.922. The van der Waals surface area contributed by atoms with Crippen LogP contribution in [0.25, 0.3) is 10.8 Å². The molecule has 1 heterocycles. The van der Waals surface area contributed by atoms with Crippen LogP contribution in [0.2, 0.25) is 0 Å². The van der Waals surface area contributed by atoms with E-state index in [4.69, 9.17) is 6.42 Å². The normalized spacial score (nSPS) is 16.7. The first kappa shape index (κ1) is 10.4. The molecule has 0 aliphatic carbocycles. The first-order chi connectivity index (χ1) is 8.20. The standard InChI is InChI=1S/C16H16N/c1-3-8-17(2)11-15-9-13-6-4-5-7-14(13)10-16(15)12-17/h1,4-7,9-10H,8,11-12H2,2H3/q+1. The summed E-state index contributed by atoms with van der Waals surface area (Å²) in [6, 6.07) is 13.2. The lowest BCUT2D eigenvalue weighted by atomic mass is 10.0. The second-order valence-corrected chi connectivity index (χ2v) is 5.27. The quantitative estimate of drug-likeness (QED) is 0.514. The first-order valence-corrected chi connectivity index (χ1v) is 5.98. The Labute approximate surface area is 102 Å². The van der Waals surface area contributed by atoms with Gasteiger partial charge in [0.2, 0.25) is 0 Å². The maximum atomic E-state index is 5.46. The third-order valence-electron chi connectivity index (χ3n) is 3.65. The summed E-state index contributed by atoms with van der Waals surface area (Å²) < 4.78 is 0.947. The molecule has 0 N–H and O–H groups in total. The van der Waals surface area contributed by atoms with Crippen molar-refractivity contribution in [1.29, 1.82) is 0 Å². The van der Waals surface area contributed by atoms with Crippen molar-refractivity contribution in [3.8, 4) is 12.3 Å². The third kappa shape index (κ3) is 1.71. The van der Waals surface area contributed by atoms with Crippen LogP contribution in [-0.4, -0.2) is 18.1 Å². The molecule has 0 unspecified atom stereocenters. The Bertz CT molecular complexity index is 574. The molecule has 17 heavy (non-hydrogen) atoms. The second kappa shape index (κ2) is 3.61. The van der Waals surface area contributed by atoms with E-state index in [0.717, 1.165) is 24.1 Å². The van der Waals surface area contributed by atoms with Gasteiger partial charge in [0.15, 0.2) is 0 Å². The summed E-state index contributed by atoms with van der Waals surface area (Å²) in [7, 11) is 2.24. The van der Waals surface area contributed by atoms with Crippen molar-refractivity contribution in [2.75, 3.05) is 13.6 Å². The minimum Gasteiger partial charge on any atom is -0.308 e. The van der Waals surface area contributed by atoms with Gasteiger partial charge in [0.1, 0.15) is 19.6 Å². The molecule has 2 aromatic carbocycles. The topological polar surface area (TPSA) is 0 Å². The van der Waals surface area contributed by atoms with Crippen LogP contribution in [-0.2, 0) is 13.1 Å². The fourth-order valence-electron chi connectivity index (χ4n) is 2.84. The Morgan fingerprint density at radius 2 is 1.65 bits per heavy atom. The molecular weight excluding hydrogens is 206 g/mol. The van der Waals surface area contributed by atoms with E-state index in [9.17, 15) is 0 Å². The van der Waals surface area contributed by atoms with Crippen LogP contribution >= 0.6 is 0 Å². The lowest BCUT2D eigenvalue weighted by Crippen LogP contribution is -2.38. The summed E-state index contributed by atoms with van der Waals surface area (Å²) in [6.45, 7) is 2.93. The van der Waals surface area contributed by atoms with Crippen LogP contribution in [0, 0.1) is 12.3 Å². The summed E-state index contributed by atoms with van der Waals surface area (Å²) in [5.41, 5.74) is 2.92. The molecule has 0 fully saturated rings. The fourth-order valence-corrected chi connectivity index (χ4v) is 2.84. The molecule has 84 valence electrons. The average Bonchev–Trinajstić information content (AvgIpc) is 2.61. The van der Waals surface area contributed by atoms with Gasteiger partial charge in [-0.05, 0) is 28.8 Å². The maximum absolute atomic E-state index is 5.46. The molecule has 0 saturated carbocycles. The molecule has 3 rings (SSSR count). The molecule has 0 atom stereocenters. The number of hydrogen-bond donors (Lipinski definition) is 0. The van der Waals surface area contributed by atoms with Gasteiger partial charge in [0, 0.05) is 11.1 Å². The van der Waals surface area contributed by atoms with E-state index in [-0.39, 0.29) is 0 Å². The molecule has 1 heteroatoms. The van der Waals surface area contributed by atoms with Crippen molar-refractivity contribution < 1.29 is 4.48 Å². The van der Waals surface area contributed by atoms with Gasteiger partial charge < -0.3 is 4.48 Å². The van der Waals surface area contributed by atoms with Crippen LogP contribution in [0.3, 0.4) is 0 Å². The van der Waals surface area contributed by atoms with Crippen molar-refractivity contribution in [2.45, 2.75) is 13.1 Å². The predicted molar refractivity (Wildman–Crippen MR) is 71.2 cm³/mol. The van der Waals surface area contributed by atoms with Crippen molar-refractivity contribution in [1.82, 2.24) is 0 Å². The van der Waals surface area contributed by atoms with E-state index in [1.54, 1.807) is 0 Å². The minimum absolute atomic E-state index is 0.811. The van der Waals surface area contributed by atoms with Gasteiger partial charge in [0.05, 0.1) is 7.05 Å². The van der Waals surface area contributed by atoms with Gasteiger partial charge in [0.25, 0.3) is 0 Å². The molecule has 0 bridgehead atoms. The number of hydrogen-bond acceptors (Lipinski definition) is 0. The third-order valence-corrected chi connectivity index (χ3v) is 3.65. The van der Waals surface area contributed by atoms with E-state index >= 15 is 0 Å². The molecular formula is C16H16N+. The minimum atomic E-state index is 0.811. The highest BCUT2D eigenvalue weighted by Crippen LogP contribution is 2.31. The highest BCUT2D eigenvalue weighted by atomic mass is 15.3. The molecule has 1 nitrogen and oxygen atoms in total. The number of quaternary nitrogens is 1. The predicted octanol–water partition coefficient (Wildman–Crippen LogP) is 2.93. The summed E-state index contributed by atoms with van der Waals surface area (Å²) in [4.78, 5) is 0. The lowest BCUT2D eigenvalue weighted by Gasteiger charge is -2.26. The van der Waals surface area contributed by atoms with E-state index in [0.29, 0.717) is 0 Å². The number of nitrogens with zero attached hydrogens (tertiary/aromatic N) is 1. The Hall–Kier alpha value is -1.78. The SMILES string of the molecule is C#CC[N+]1(C)Cc2cc3ccccc3cc2C1. The number of terminal acetylenes is 1. The number of benzene rings is 2. The van der Waals surface area contributed by atoms with E-state index in [2.05, 4.69) is 49.4 Å². The molecule has 1 aliphatic heterocycles. The molecule has 0 aromatic heterocycles. The van der Waals surface area contributed by atoms with Crippen LogP contribution in [0.15, 0.2) is 36.4 Å². The fraction of sp³-hybridized carbons (Fsp3) is 0.250. The highest BCUT2D eigenvalue weighted by molar-refractivity contribution is 5.84. The van der Waals surface area contributed by atoms with Crippen LogP contribution < -0.4 is 0 Å². The van der Waals surface area contributed by atoms with Gasteiger partial charge in [-0.3, -0.25) is 0 Å². The van der Waals surface area contributed by atoms with Crippen LogP contribution in [0.4, 0.5) is 0 Å². The first-order valence-electron chi connectivity index (χ1n) is 5.98. The Kier molecular flexibility index (Phi) is 2.21. The van der Waals surface area contributed by atoms with E-state index in [1.807, 2.05) is 0 Å². The highest BCUT2D eigenvalue weighted by Gasteiger charge is 2.31. The smallest absolute Gasteiger partial charge is 0.140 e. The van der Waals surface area contributed by atoms with E-state index in [1.165, 1.54) is 21.9 Å². The largest absolute Gasteiger partial charge is 0.308 e. The molecule has 0 radical (unpaired) electrons. The molecule has 0 spiro atoms. The van der Waals surface area contributed by atoms with Crippen molar-refractivity contribution in [3.63, 3.8) is 0 Å². The Morgan fingerprint density at radius 1 is 1.12 bits per heavy atom. The molecule has 1 aliphatic rings. The van der Waals surface area contributed by atoms with E-state index < -0.39 is 0 Å². The van der Waals surface area contributed by atoms with Crippen LogP contribution in [0.5, 0.6) is 0 Å². The van der Waals surface area contributed by atoms with Gasteiger partial charge >= 0.3 is 0 Å². The molecule has 0 saturated heterocycles. The van der Waals surface area contributed by atoms with Gasteiger partial charge in [-0.1, -0.05) is 24.3 Å². The summed E-state index contributed by atoms with van der Waals surface area (Å²) in [6.07, 6.45) is 5.46. The zero-order chi connectivity index (χ0) is 11.9. The van der Waals surface area contributed by atoms with Gasteiger partial charge in [-0.2, -0.15) is 0 Å². The zero-order valence-electron chi connectivity index (χ0n) is 10.1. The Morgan fingerprint density at radius 3 is 2.12 bits per heavy atom. The monoisotopic (exact) mass is 222 g/mol. The summed E-state index contributed by atoms with van der Waals surface area (Å²) in [5.74, 6) is 2.80. The number of fused-ring (bicyclic) bond motifs is 2. The number of rotatable bonds is 1. The molecule has 2 aromatic rings. The zero-order valence-corrected chi connectivity index (χ0v) is 10.1. The van der Waals surface area contributed by atoms with Crippen molar-refractivity contribution in [3.05, 3.63) is 47.5 Å². The summed E-state index contributed by atoms with van der Waals surface area (Å²) in [5, 5.41) is 2.67.